The van der Waals surface area contributed by atoms with Gasteiger partial charge in [0.15, 0.2) is 0 Å². The molecule has 0 fully saturated rings. The van der Waals surface area contributed by atoms with Crippen LogP contribution < -0.4 is 5.32 Å². The zero-order chi connectivity index (χ0) is 12.8. The lowest BCUT2D eigenvalue weighted by molar-refractivity contribution is -0.120. The number of hydrogen-bond acceptors (Lipinski definition) is 2. The van der Waals surface area contributed by atoms with Crippen LogP contribution in [0.2, 0.25) is 0 Å². The molecule has 1 rings (SSSR count). The van der Waals surface area contributed by atoms with Gasteiger partial charge in [0.25, 0.3) is 0 Å². The summed E-state index contributed by atoms with van der Waals surface area (Å²) >= 11 is 3.39. The molecule has 0 heterocycles. The van der Waals surface area contributed by atoms with Crippen LogP contribution in [0, 0.1) is 12.8 Å². The van der Waals surface area contributed by atoms with Crippen molar-refractivity contribution in [1.29, 1.82) is 0 Å². The van der Waals surface area contributed by atoms with E-state index in [9.17, 15) is 4.79 Å². The Morgan fingerprint density at radius 2 is 2.24 bits per heavy atom. The molecule has 0 aliphatic heterocycles. The zero-order valence-electron chi connectivity index (χ0n) is 10.2. The molecule has 0 saturated carbocycles. The van der Waals surface area contributed by atoms with Crippen molar-refractivity contribution in [2.24, 2.45) is 5.92 Å². The van der Waals surface area contributed by atoms with Crippen molar-refractivity contribution in [2.45, 2.75) is 20.3 Å². The summed E-state index contributed by atoms with van der Waals surface area (Å²) in [5, 5.41) is 11.7. The lowest BCUT2D eigenvalue weighted by Crippen LogP contribution is -2.30. The Bertz CT molecular complexity index is 393. The lowest BCUT2D eigenvalue weighted by atomic mass is 10.1. The van der Waals surface area contributed by atoms with E-state index in [1.165, 1.54) is 0 Å². The van der Waals surface area contributed by atoms with E-state index in [0.29, 0.717) is 13.0 Å². The van der Waals surface area contributed by atoms with Crippen LogP contribution in [-0.2, 0) is 11.2 Å². The highest BCUT2D eigenvalue weighted by Gasteiger charge is 2.07. The molecule has 0 radical (unpaired) electrons. The number of rotatable bonds is 5. The molecule has 0 bridgehead atoms. The summed E-state index contributed by atoms with van der Waals surface area (Å²) in [6.07, 6.45) is 0.386. The van der Waals surface area contributed by atoms with E-state index in [1.54, 1.807) is 0 Å². The maximum absolute atomic E-state index is 11.7. The minimum absolute atomic E-state index is 0.00396. The predicted molar refractivity (Wildman–Crippen MR) is 71.8 cm³/mol. The molecule has 1 aromatic rings. The molecule has 1 amide bonds. The highest BCUT2D eigenvalue weighted by molar-refractivity contribution is 9.10. The molecule has 0 aliphatic rings. The molecule has 94 valence electrons. The summed E-state index contributed by atoms with van der Waals surface area (Å²) in [4.78, 5) is 11.7. The Kier molecular flexibility index (Phi) is 5.65. The third-order valence-electron chi connectivity index (χ3n) is 2.62. The molecular weight excluding hydrogens is 282 g/mol. The van der Waals surface area contributed by atoms with Crippen molar-refractivity contribution in [3.63, 3.8) is 0 Å². The fourth-order valence-electron chi connectivity index (χ4n) is 1.45. The van der Waals surface area contributed by atoms with Gasteiger partial charge in [-0.2, -0.15) is 0 Å². The number of benzene rings is 1. The Labute approximate surface area is 110 Å². The molecule has 0 spiro atoms. The quantitative estimate of drug-likeness (QED) is 0.874. The zero-order valence-corrected chi connectivity index (χ0v) is 11.8. The van der Waals surface area contributed by atoms with E-state index >= 15 is 0 Å². The van der Waals surface area contributed by atoms with Gasteiger partial charge < -0.3 is 10.4 Å². The van der Waals surface area contributed by atoms with Crippen LogP contribution in [0.4, 0.5) is 0 Å². The van der Waals surface area contributed by atoms with Crippen molar-refractivity contribution in [3.05, 3.63) is 33.8 Å². The van der Waals surface area contributed by atoms with Crippen molar-refractivity contribution >= 4 is 21.8 Å². The fraction of sp³-hybridized carbons (Fsp3) is 0.462. The van der Waals surface area contributed by atoms with Gasteiger partial charge in [-0.15, -0.1) is 0 Å². The SMILES string of the molecule is Cc1cc(Br)ccc1CC(=O)NCC(C)CO. The number of carbonyl (C=O) groups is 1. The molecule has 1 unspecified atom stereocenters. The first-order valence-corrected chi connectivity index (χ1v) is 6.44. The maximum atomic E-state index is 11.7. The van der Waals surface area contributed by atoms with Gasteiger partial charge in [-0.05, 0) is 36.1 Å². The van der Waals surface area contributed by atoms with E-state index in [0.717, 1.165) is 15.6 Å². The lowest BCUT2D eigenvalue weighted by Gasteiger charge is -2.10. The molecule has 0 aliphatic carbocycles. The second kappa shape index (κ2) is 6.77. The summed E-state index contributed by atoms with van der Waals surface area (Å²) in [5.41, 5.74) is 2.13. The first-order chi connectivity index (χ1) is 8.02. The van der Waals surface area contributed by atoms with Crippen LogP contribution in [0.25, 0.3) is 0 Å². The van der Waals surface area contributed by atoms with Crippen molar-refractivity contribution in [1.82, 2.24) is 5.32 Å². The molecular formula is C13H18BrNO2. The molecule has 1 aromatic carbocycles. The van der Waals surface area contributed by atoms with E-state index in [2.05, 4.69) is 21.2 Å². The number of halogens is 1. The van der Waals surface area contributed by atoms with Crippen LogP contribution in [0.3, 0.4) is 0 Å². The van der Waals surface area contributed by atoms with Crippen LogP contribution >= 0.6 is 15.9 Å². The largest absolute Gasteiger partial charge is 0.396 e. The van der Waals surface area contributed by atoms with Crippen molar-refractivity contribution in [2.75, 3.05) is 13.2 Å². The molecule has 17 heavy (non-hydrogen) atoms. The number of nitrogens with one attached hydrogen (secondary N) is 1. The molecule has 4 heteroatoms. The summed E-state index contributed by atoms with van der Waals surface area (Å²) in [5.74, 6) is 0.0979. The number of amides is 1. The number of hydrogen-bond donors (Lipinski definition) is 2. The third-order valence-corrected chi connectivity index (χ3v) is 3.11. The highest BCUT2D eigenvalue weighted by atomic mass is 79.9. The van der Waals surface area contributed by atoms with Crippen LogP contribution in [-0.4, -0.2) is 24.2 Å². The van der Waals surface area contributed by atoms with Gasteiger partial charge in [-0.25, -0.2) is 0 Å². The Hall–Kier alpha value is -0.870. The van der Waals surface area contributed by atoms with Gasteiger partial charge in [-0.1, -0.05) is 28.9 Å². The van der Waals surface area contributed by atoms with Gasteiger partial charge in [0.05, 0.1) is 6.42 Å². The number of aliphatic hydroxyl groups is 1. The van der Waals surface area contributed by atoms with E-state index < -0.39 is 0 Å². The Balaban J connectivity index is 2.50. The average molecular weight is 300 g/mol. The fourth-order valence-corrected chi connectivity index (χ4v) is 1.92. The number of aliphatic hydroxyl groups excluding tert-OH is 1. The standard InChI is InChI=1S/C13H18BrNO2/c1-9(8-16)7-15-13(17)6-11-3-4-12(14)5-10(11)2/h3-5,9,16H,6-8H2,1-2H3,(H,15,17). The van der Waals surface area contributed by atoms with E-state index in [4.69, 9.17) is 5.11 Å². The minimum Gasteiger partial charge on any atom is -0.396 e. The first kappa shape index (κ1) is 14.2. The minimum atomic E-state index is -0.00396. The molecule has 0 aromatic heterocycles. The number of aryl methyl sites for hydroxylation is 1. The van der Waals surface area contributed by atoms with Gasteiger partial charge in [0.1, 0.15) is 0 Å². The van der Waals surface area contributed by atoms with Gasteiger partial charge in [-0.3, -0.25) is 4.79 Å². The van der Waals surface area contributed by atoms with Gasteiger partial charge in [0, 0.05) is 17.6 Å². The summed E-state index contributed by atoms with van der Waals surface area (Å²) < 4.78 is 1.02. The predicted octanol–water partition coefficient (Wildman–Crippen LogP) is 2.04. The van der Waals surface area contributed by atoms with Gasteiger partial charge >= 0.3 is 0 Å². The Morgan fingerprint density at radius 3 is 2.82 bits per heavy atom. The average Bonchev–Trinajstić information content (AvgIpc) is 2.29. The highest BCUT2D eigenvalue weighted by Crippen LogP contribution is 2.16. The van der Waals surface area contributed by atoms with E-state index in [-0.39, 0.29) is 18.4 Å². The van der Waals surface area contributed by atoms with Crippen LogP contribution in [0.1, 0.15) is 18.1 Å². The maximum Gasteiger partial charge on any atom is 0.224 e. The second-order valence-electron chi connectivity index (χ2n) is 4.34. The second-order valence-corrected chi connectivity index (χ2v) is 5.26. The Morgan fingerprint density at radius 1 is 1.53 bits per heavy atom. The summed E-state index contributed by atoms with van der Waals surface area (Å²) in [7, 11) is 0. The monoisotopic (exact) mass is 299 g/mol. The van der Waals surface area contributed by atoms with Crippen LogP contribution in [0.15, 0.2) is 22.7 Å². The molecule has 3 nitrogen and oxygen atoms in total. The topological polar surface area (TPSA) is 49.3 Å². The van der Waals surface area contributed by atoms with Crippen LogP contribution in [0.5, 0.6) is 0 Å². The summed E-state index contributed by atoms with van der Waals surface area (Å²) in [6.45, 7) is 4.50. The molecule has 2 N–H and O–H groups in total. The first-order valence-electron chi connectivity index (χ1n) is 5.65. The molecule has 0 saturated heterocycles. The van der Waals surface area contributed by atoms with Crippen molar-refractivity contribution in [3.8, 4) is 0 Å². The third kappa shape index (κ3) is 4.88. The summed E-state index contributed by atoms with van der Waals surface area (Å²) in [6, 6.07) is 5.89. The van der Waals surface area contributed by atoms with Gasteiger partial charge in [0.2, 0.25) is 5.91 Å². The number of carbonyl (C=O) groups excluding carboxylic acids is 1. The normalized spacial score (nSPS) is 12.2. The van der Waals surface area contributed by atoms with E-state index in [1.807, 2.05) is 32.0 Å². The molecule has 1 atom stereocenters. The van der Waals surface area contributed by atoms with Crippen molar-refractivity contribution < 1.29 is 9.90 Å². The smallest absolute Gasteiger partial charge is 0.224 e.